The number of nitrogens with zero attached hydrogens (tertiary/aromatic N) is 1. The predicted octanol–water partition coefficient (Wildman–Crippen LogP) is -2.59. The van der Waals surface area contributed by atoms with Gasteiger partial charge in [-0.2, -0.15) is 0 Å². The Morgan fingerprint density at radius 2 is 1.50 bits per heavy atom. The Balaban J connectivity index is 4.67. The number of hydrogen-bond acceptors (Lipinski definition) is 8. The van der Waals surface area contributed by atoms with Crippen molar-refractivity contribution < 1.29 is 44.8 Å². The molecule has 0 radical (unpaired) electrons. The Hall–Kier alpha value is -1.75. The first-order valence-electron chi connectivity index (χ1n) is 5.60. The molecule has 0 aliphatic rings. The smallest absolute Gasteiger partial charge is 0.336 e. The van der Waals surface area contributed by atoms with Gasteiger partial charge in [-0.3, -0.25) is 9.59 Å². The summed E-state index contributed by atoms with van der Waals surface area (Å²) in [6.07, 6.45) is -2.25. The van der Waals surface area contributed by atoms with Crippen LogP contribution in [-0.2, 0) is 19.2 Å². The number of carboxylic acid groups (broad SMARTS) is 2. The van der Waals surface area contributed by atoms with Crippen LogP contribution in [0.2, 0.25) is 0 Å². The van der Waals surface area contributed by atoms with Gasteiger partial charge in [-0.1, -0.05) is 0 Å². The number of aliphatic hydroxyl groups excluding tert-OH is 2. The first-order valence-corrected chi connectivity index (χ1v) is 5.60. The third-order valence-electron chi connectivity index (χ3n) is 2.21. The van der Waals surface area contributed by atoms with E-state index in [-0.39, 0.29) is 26.3 Å². The van der Waals surface area contributed by atoms with Crippen molar-refractivity contribution in [2.75, 3.05) is 26.3 Å². The van der Waals surface area contributed by atoms with E-state index in [1.165, 1.54) is 0 Å². The molecule has 0 aromatic rings. The monoisotopic (exact) mass is 295 g/mol. The topological polar surface area (TPSA) is 165 Å². The summed E-state index contributed by atoms with van der Waals surface area (Å²) in [5.74, 6) is -4.66. The van der Waals surface area contributed by atoms with Crippen molar-refractivity contribution in [2.24, 2.45) is 0 Å². The molecule has 1 unspecified atom stereocenters. The molecule has 5 N–H and O–H groups in total. The standard InChI is InChI=1S/C10H17NO9/c12-3-1-11(2-4-13)20-8(16)6-10(19,9(17)18)5-7(14)15/h12-13,19H,1-6H2,(H,14,15)(H,17,18). The molecule has 0 saturated carbocycles. The summed E-state index contributed by atoms with van der Waals surface area (Å²) in [6.45, 7) is -1.02. The Morgan fingerprint density at radius 1 is 1.00 bits per heavy atom. The molecule has 0 spiro atoms. The van der Waals surface area contributed by atoms with Gasteiger partial charge in [0.15, 0.2) is 5.60 Å². The van der Waals surface area contributed by atoms with Gasteiger partial charge in [0.05, 0.1) is 39.1 Å². The number of carboxylic acids is 2. The second kappa shape index (κ2) is 8.43. The molecular formula is C10H17NO9. The molecule has 0 aromatic carbocycles. The minimum absolute atomic E-state index is 0.128. The molecule has 0 heterocycles. The normalized spacial score (nSPS) is 13.8. The van der Waals surface area contributed by atoms with E-state index in [2.05, 4.69) is 4.84 Å². The lowest BCUT2D eigenvalue weighted by molar-refractivity contribution is -0.201. The average Bonchev–Trinajstić information content (AvgIpc) is 2.27. The van der Waals surface area contributed by atoms with E-state index in [4.69, 9.17) is 20.4 Å². The molecule has 0 fully saturated rings. The molecule has 0 bridgehead atoms. The van der Waals surface area contributed by atoms with Crippen LogP contribution in [0.5, 0.6) is 0 Å². The zero-order valence-corrected chi connectivity index (χ0v) is 10.6. The van der Waals surface area contributed by atoms with Crippen LogP contribution >= 0.6 is 0 Å². The minimum Gasteiger partial charge on any atom is -0.481 e. The SMILES string of the molecule is O=C(O)CC(O)(CC(=O)ON(CCO)CCO)C(=O)O. The maximum absolute atomic E-state index is 11.5. The zero-order valence-electron chi connectivity index (χ0n) is 10.6. The minimum atomic E-state index is -2.78. The summed E-state index contributed by atoms with van der Waals surface area (Å²) in [7, 11) is 0. The largest absolute Gasteiger partial charge is 0.481 e. The molecule has 10 heteroatoms. The first kappa shape index (κ1) is 18.2. The van der Waals surface area contributed by atoms with Crippen molar-refractivity contribution in [1.82, 2.24) is 5.06 Å². The zero-order chi connectivity index (χ0) is 15.8. The number of carbonyl (C=O) groups excluding carboxylic acids is 1. The second-order valence-corrected chi connectivity index (χ2v) is 3.92. The summed E-state index contributed by atoms with van der Waals surface area (Å²) >= 11 is 0. The van der Waals surface area contributed by atoms with Gasteiger partial charge in [0.1, 0.15) is 0 Å². The molecule has 0 aliphatic carbocycles. The Kier molecular flexibility index (Phi) is 7.69. The van der Waals surface area contributed by atoms with Crippen LogP contribution in [0.3, 0.4) is 0 Å². The van der Waals surface area contributed by atoms with Crippen LogP contribution in [0.4, 0.5) is 0 Å². The van der Waals surface area contributed by atoms with Crippen LogP contribution in [0, 0.1) is 0 Å². The Bertz CT molecular complexity index is 353. The molecule has 0 amide bonds. The number of hydroxylamine groups is 2. The maximum Gasteiger partial charge on any atom is 0.336 e. The molecule has 0 rings (SSSR count). The van der Waals surface area contributed by atoms with Crippen LogP contribution in [0.1, 0.15) is 12.8 Å². The van der Waals surface area contributed by atoms with Crippen LogP contribution in [-0.4, -0.2) is 80.4 Å². The van der Waals surface area contributed by atoms with Gasteiger partial charge in [0.25, 0.3) is 0 Å². The van der Waals surface area contributed by atoms with Crippen LogP contribution in [0.15, 0.2) is 0 Å². The highest BCUT2D eigenvalue weighted by atomic mass is 16.7. The van der Waals surface area contributed by atoms with Crippen molar-refractivity contribution in [3.05, 3.63) is 0 Å². The Labute approximate surface area is 113 Å². The highest BCUT2D eigenvalue weighted by Crippen LogP contribution is 2.17. The highest BCUT2D eigenvalue weighted by Gasteiger charge is 2.41. The van der Waals surface area contributed by atoms with Crippen molar-refractivity contribution in [1.29, 1.82) is 0 Å². The highest BCUT2D eigenvalue weighted by molar-refractivity contribution is 5.88. The van der Waals surface area contributed by atoms with Crippen molar-refractivity contribution in [2.45, 2.75) is 18.4 Å². The van der Waals surface area contributed by atoms with Crippen molar-refractivity contribution in [3.63, 3.8) is 0 Å². The van der Waals surface area contributed by atoms with Gasteiger partial charge in [0.2, 0.25) is 0 Å². The summed E-state index contributed by atoms with van der Waals surface area (Å²) in [4.78, 5) is 37.4. The van der Waals surface area contributed by atoms with Gasteiger partial charge in [-0.15, -0.1) is 5.06 Å². The van der Waals surface area contributed by atoms with E-state index in [0.717, 1.165) is 5.06 Å². The van der Waals surface area contributed by atoms with E-state index in [0.29, 0.717) is 0 Å². The summed E-state index contributed by atoms with van der Waals surface area (Å²) in [6, 6.07) is 0. The molecule has 0 aromatic heterocycles. The summed E-state index contributed by atoms with van der Waals surface area (Å²) in [5, 5.41) is 45.1. The third-order valence-corrected chi connectivity index (χ3v) is 2.21. The van der Waals surface area contributed by atoms with E-state index >= 15 is 0 Å². The third kappa shape index (κ3) is 6.43. The van der Waals surface area contributed by atoms with E-state index < -0.39 is 36.4 Å². The predicted molar refractivity (Wildman–Crippen MR) is 61.3 cm³/mol. The van der Waals surface area contributed by atoms with Gasteiger partial charge in [-0.25, -0.2) is 4.79 Å². The van der Waals surface area contributed by atoms with Crippen molar-refractivity contribution >= 4 is 17.9 Å². The maximum atomic E-state index is 11.5. The Morgan fingerprint density at radius 3 is 1.85 bits per heavy atom. The molecular weight excluding hydrogens is 278 g/mol. The molecule has 0 saturated heterocycles. The molecule has 20 heavy (non-hydrogen) atoms. The lowest BCUT2D eigenvalue weighted by Gasteiger charge is -2.23. The number of hydrogen-bond donors (Lipinski definition) is 5. The van der Waals surface area contributed by atoms with E-state index in [9.17, 15) is 19.5 Å². The van der Waals surface area contributed by atoms with E-state index in [1.54, 1.807) is 0 Å². The molecule has 1 atom stereocenters. The molecule has 116 valence electrons. The van der Waals surface area contributed by atoms with E-state index in [1.807, 2.05) is 0 Å². The van der Waals surface area contributed by atoms with Crippen LogP contribution < -0.4 is 0 Å². The average molecular weight is 295 g/mol. The van der Waals surface area contributed by atoms with Gasteiger partial charge in [-0.05, 0) is 0 Å². The van der Waals surface area contributed by atoms with Crippen LogP contribution in [0.25, 0.3) is 0 Å². The second-order valence-electron chi connectivity index (χ2n) is 3.92. The lowest BCUT2D eigenvalue weighted by Crippen LogP contribution is -2.44. The lowest BCUT2D eigenvalue weighted by atomic mass is 9.96. The van der Waals surface area contributed by atoms with Gasteiger partial charge < -0.3 is 30.4 Å². The van der Waals surface area contributed by atoms with Gasteiger partial charge >= 0.3 is 17.9 Å². The number of aliphatic carboxylic acids is 2. The van der Waals surface area contributed by atoms with Crippen molar-refractivity contribution in [3.8, 4) is 0 Å². The fourth-order valence-corrected chi connectivity index (χ4v) is 1.31. The molecule has 10 nitrogen and oxygen atoms in total. The fraction of sp³-hybridized carbons (Fsp3) is 0.700. The summed E-state index contributed by atoms with van der Waals surface area (Å²) in [5.41, 5.74) is -2.78. The fourth-order valence-electron chi connectivity index (χ4n) is 1.31. The quantitative estimate of drug-likeness (QED) is 0.270. The molecule has 0 aliphatic heterocycles. The number of aliphatic hydroxyl groups is 3. The van der Waals surface area contributed by atoms with Gasteiger partial charge in [0, 0.05) is 0 Å². The summed E-state index contributed by atoms with van der Waals surface area (Å²) < 4.78 is 0. The number of rotatable bonds is 10. The number of carbonyl (C=O) groups is 3. The first-order chi connectivity index (χ1) is 9.25.